The molecule has 1 amide bonds. The summed E-state index contributed by atoms with van der Waals surface area (Å²) in [5.41, 5.74) is 1.92. The lowest BCUT2D eigenvalue weighted by atomic mass is 10.1. The van der Waals surface area contributed by atoms with E-state index in [1.54, 1.807) is 12.1 Å². The lowest BCUT2D eigenvalue weighted by Crippen LogP contribution is -2.20. The summed E-state index contributed by atoms with van der Waals surface area (Å²) >= 11 is 0. The minimum absolute atomic E-state index is 0.196. The first-order chi connectivity index (χ1) is 12.7. The molecule has 0 atom stereocenters. The lowest BCUT2D eigenvalue weighted by molar-refractivity contribution is -0.142. The van der Waals surface area contributed by atoms with Gasteiger partial charge in [0.2, 0.25) is 0 Å². The van der Waals surface area contributed by atoms with Crippen molar-refractivity contribution >= 4 is 23.6 Å². The fraction of sp³-hybridized carbons (Fsp3) is 0.200. The van der Waals surface area contributed by atoms with Crippen LogP contribution in [0.15, 0.2) is 48.5 Å². The molecule has 0 spiro atoms. The van der Waals surface area contributed by atoms with Crippen LogP contribution in [0, 0.1) is 13.8 Å². The van der Waals surface area contributed by atoms with Crippen molar-refractivity contribution in [3.8, 4) is 0 Å². The van der Waals surface area contributed by atoms with Crippen LogP contribution in [0.2, 0.25) is 0 Å². The lowest BCUT2D eigenvalue weighted by Gasteiger charge is -2.10. The first-order valence-corrected chi connectivity index (χ1v) is 8.05. The second-order valence-corrected chi connectivity index (χ2v) is 5.86. The smallest absolute Gasteiger partial charge is 0.416 e. The van der Waals surface area contributed by atoms with Crippen LogP contribution < -0.4 is 5.32 Å². The van der Waals surface area contributed by atoms with Gasteiger partial charge in [-0.3, -0.25) is 4.79 Å². The van der Waals surface area contributed by atoms with E-state index in [-0.39, 0.29) is 5.56 Å². The number of amides is 1. The van der Waals surface area contributed by atoms with Gasteiger partial charge < -0.3 is 10.1 Å². The van der Waals surface area contributed by atoms with Crippen molar-refractivity contribution in [2.24, 2.45) is 0 Å². The van der Waals surface area contributed by atoms with Crippen molar-refractivity contribution in [1.29, 1.82) is 0 Å². The standard InChI is InChI=1S/C20H18F3NO3/c1-13-5-3-8-17(14(13)2)24-18(25)12-27-19(26)10-9-15-6-4-7-16(11-15)20(21,22)23/h3-11H,12H2,1-2H3,(H,24,25)/b10-9+. The third-order valence-electron chi connectivity index (χ3n) is 3.85. The van der Waals surface area contributed by atoms with E-state index in [9.17, 15) is 22.8 Å². The van der Waals surface area contributed by atoms with Gasteiger partial charge in [-0.2, -0.15) is 13.2 Å². The van der Waals surface area contributed by atoms with Gasteiger partial charge in [-0.1, -0.05) is 24.3 Å². The Morgan fingerprint density at radius 3 is 2.52 bits per heavy atom. The maximum absolute atomic E-state index is 12.6. The van der Waals surface area contributed by atoms with Gasteiger partial charge in [0.1, 0.15) is 0 Å². The Balaban J connectivity index is 1.90. The van der Waals surface area contributed by atoms with Crippen LogP contribution in [0.3, 0.4) is 0 Å². The molecule has 0 aliphatic heterocycles. The first-order valence-electron chi connectivity index (χ1n) is 8.05. The van der Waals surface area contributed by atoms with Crippen LogP contribution in [-0.2, 0) is 20.5 Å². The molecule has 0 saturated carbocycles. The molecular formula is C20H18F3NO3. The average Bonchev–Trinajstić information content (AvgIpc) is 2.61. The summed E-state index contributed by atoms with van der Waals surface area (Å²) < 4.78 is 42.8. The van der Waals surface area contributed by atoms with E-state index in [1.165, 1.54) is 18.2 Å². The van der Waals surface area contributed by atoms with E-state index >= 15 is 0 Å². The summed E-state index contributed by atoms with van der Waals surface area (Å²) in [4.78, 5) is 23.5. The summed E-state index contributed by atoms with van der Waals surface area (Å²) in [6.45, 7) is 3.26. The van der Waals surface area contributed by atoms with Gasteiger partial charge in [0.25, 0.3) is 5.91 Å². The highest BCUT2D eigenvalue weighted by molar-refractivity contribution is 5.95. The van der Waals surface area contributed by atoms with Gasteiger partial charge in [0.15, 0.2) is 6.61 Å². The number of rotatable bonds is 5. The number of anilines is 1. The van der Waals surface area contributed by atoms with E-state index < -0.39 is 30.2 Å². The van der Waals surface area contributed by atoms with E-state index in [2.05, 4.69) is 5.32 Å². The molecule has 0 unspecified atom stereocenters. The second kappa shape index (κ2) is 8.53. The van der Waals surface area contributed by atoms with Crippen LogP contribution in [-0.4, -0.2) is 18.5 Å². The maximum atomic E-state index is 12.6. The van der Waals surface area contributed by atoms with Crippen LogP contribution in [0.25, 0.3) is 6.08 Å². The van der Waals surface area contributed by atoms with E-state index in [0.29, 0.717) is 5.69 Å². The molecule has 7 heteroatoms. The molecule has 0 fully saturated rings. The Morgan fingerprint density at radius 2 is 1.81 bits per heavy atom. The van der Waals surface area contributed by atoms with Crippen molar-refractivity contribution in [2.45, 2.75) is 20.0 Å². The zero-order valence-electron chi connectivity index (χ0n) is 14.8. The van der Waals surface area contributed by atoms with Gasteiger partial charge >= 0.3 is 12.1 Å². The highest BCUT2D eigenvalue weighted by atomic mass is 19.4. The number of halogens is 3. The summed E-state index contributed by atoms with van der Waals surface area (Å²) in [6, 6.07) is 9.95. The van der Waals surface area contributed by atoms with Gasteiger partial charge in [-0.05, 0) is 54.8 Å². The highest BCUT2D eigenvalue weighted by Crippen LogP contribution is 2.29. The molecule has 2 rings (SSSR count). The molecule has 142 valence electrons. The third-order valence-corrected chi connectivity index (χ3v) is 3.85. The molecule has 0 heterocycles. The molecule has 0 aliphatic carbocycles. The van der Waals surface area contributed by atoms with Gasteiger partial charge in [-0.15, -0.1) is 0 Å². The summed E-state index contributed by atoms with van der Waals surface area (Å²) in [5.74, 6) is -1.34. The number of ether oxygens (including phenoxy) is 1. The Morgan fingerprint density at radius 1 is 1.11 bits per heavy atom. The Labute approximate surface area is 154 Å². The summed E-state index contributed by atoms with van der Waals surface area (Å²) in [7, 11) is 0. The Hall–Kier alpha value is -3.09. The van der Waals surface area contributed by atoms with Crippen molar-refractivity contribution < 1.29 is 27.5 Å². The van der Waals surface area contributed by atoms with Crippen molar-refractivity contribution in [1.82, 2.24) is 0 Å². The predicted octanol–water partition coefficient (Wildman–Crippen LogP) is 4.52. The predicted molar refractivity (Wildman–Crippen MR) is 96.0 cm³/mol. The molecule has 2 aromatic carbocycles. The minimum atomic E-state index is -4.46. The van der Waals surface area contributed by atoms with Crippen LogP contribution in [0.1, 0.15) is 22.3 Å². The molecule has 27 heavy (non-hydrogen) atoms. The quantitative estimate of drug-likeness (QED) is 0.616. The number of hydrogen-bond donors (Lipinski definition) is 1. The number of benzene rings is 2. The van der Waals surface area contributed by atoms with Gasteiger partial charge in [-0.25, -0.2) is 4.79 Å². The zero-order valence-corrected chi connectivity index (χ0v) is 14.8. The van der Waals surface area contributed by atoms with Crippen molar-refractivity contribution in [3.05, 3.63) is 70.8 Å². The number of aryl methyl sites for hydroxylation is 1. The number of carbonyl (C=O) groups excluding carboxylic acids is 2. The molecule has 4 nitrogen and oxygen atoms in total. The van der Waals surface area contributed by atoms with Crippen molar-refractivity contribution in [3.63, 3.8) is 0 Å². The van der Waals surface area contributed by atoms with Gasteiger partial charge in [0.05, 0.1) is 5.56 Å². The maximum Gasteiger partial charge on any atom is 0.416 e. The molecule has 0 bridgehead atoms. The molecule has 1 N–H and O–H groups in total. The number of esters is 1. The summed E-state index contributed by atoms with van der Waals surface area (Å²) in [5, 5.41) is 2.64. The number of alkyl halides is 3. The van der Waals surface area contributed by atoms with Crippen LogP contribution in [0.5, 0.6) is 0 Å². The molecule has 2 aromatic rings. The largest absolute Gasteiger partial charge is 0.452 e. The average molecular weight is 377 g/mol. The second-order valence-electron chi connectivity index (χ2n) is 5.86. The zero-order chi connectivity index (χ0) is 20.0. The fourth-order valence-electron chi connectivity index (χ4n) is 2.24. The normalized spacial score (nSPS) is 11.4. The van der Waals surface area contributed by atoms with Crippen LogP contribution >= 0.6 is 0 Å². The highest BCUT2D eigenvalue weighted by Gasteiger charge is 2.30. The topological polar surface area (TPSA) is 55.4 Å². The number of nitrogens with one attached hydrogen (secondary N) is 1. The SMILES string of the molecule is Cc1cccc(NC(=O)COC(=O)/C=C/c2cccc(C(F)(F)F)c2)c1C. The third kappa shape index (κ3) is 5.99. The molecule has 0 aromatic heterocycles. The van der Waals surface area contributed by atoms with Crippen LogP contribution in [0.4, 0.5) is 18.9 Å². The number of hydrogen-bond acceptors (Lipinski definition) is 3. The van der Waals surface area contributed by atoms with Gasteiger partial charge in [0, 0.05) is 11.8 Å². The molecule has 0 radical (unpaired) electrons. The fourth-order valence-corrected chi connectivity index (χ4v) is 2.24. The monoisotopic (exact) mass is 377 g/mol. The summed E-state index contributed by atoms with van der Waals surface area (Å²) in [6.07, 6.45) is -2.29. The number of carbonyl (C=O) groups is 2. The molecular weight excluding hydrogens is 359 g/mol. The van der Waals surface area contributed by atoms with E-state index in [0.717, 1.165) is 29.3 Å². The Bertz CT molecular complexity index is 873. The first kappa shape index (κ1) is 20.2. The molecule has 0 saturated heterocycles. The Kier molecular flexibility index (Phi) is 6.39. The van der Waals surface area contributed by atoms with E-state index in [4.69, 9.17) is 4.74 Å². The van der Waals surface area contributed by atoms with Crippen molar-refractivity contribution in [2.75, 3.05) is 11.9 Å². The minimum Gasteiger partial charge on any atom is -0.452 e. The molecule has 0 aliphatic rings. The van der Waals surface area contributed by atoms with E-state index in [1.807, 2.05) is 19.9 Å².